The standard InChI is InChI=1S/C27H27N5O5S2/c1-2-16-38(34,35)30-14-12-19(18-30)32-25-22-13-15-31(39(36,37)20-8-4-3-5-9-20)26(22)28-17-23(25)29-27(32)21-10-6-7-11-24(21)33/h3-11,13,15,17,19,33H,2,12,14,16,18H2,1H3. The smallest absolute Gasteiger partial charge is 0.269 e. The first-order valence-electron chi connectivity index (χ1n) is 12.7. The number of rotatable bonds is 7. The van der Waals surface area contributed by atoms with Crippen molar-refractivity contribution in [1.29, 1.82) is 0 Å². The van der Waals surface area contributed by atoms with Gasteiger partial charge in [-0.15, -0.1) is 0 Å². The van der Waals surface area contributed by atoms with Crippen LogP contribution in [0.4, 0.5) is 0 Å². The highest BCUT2D eigenvalue weighted by atomic mass is 32.2. The Morgan fingerprint density at radius 2 is 1.74 bits per heavy atom. The zero-order chi connectivity index (χ0) is 27.4. The summed E-state index contributed by atoms with van der Waals surface area (Å²) in [6.07, 6.45) is 4.07. The molecule has 1 aliphatic heterocycles. The predicted octanol–water partition coefficient (Wildman–Crippen LogP) is 3.98. The largest absolute Gasteiger partial charge is 0.507 e. The minimum atomic E-state index is -3.91. The van der Waals surface area contributed by atoms with Gasteiger partial charge >= 0.3 is 0 Å². The van der Waals surface area contributed by atoms with Crippen LogP contribution in [0.1, 0.15) is 25.8 Å². The molecule has 1 aliphatic rings. The Hall–Kier alpha value is -3.74. The number of fused-ring (bicyclic) bond motifs is 3. The fourth-order valence-electron chi connectivity index (χ4n) is 5.32. The van der Waals surface area contributed by atoms with E-state index in [2.05, 4.69) is 4.98 Å². The van der Waals surface area contributed by atoms with Crippen LogP contribution in [-0.2, 0) is 20.0 Å². The van der Waals surface area contributed by atoms with Gasteiger partial charge in [-0.3, -0.25) is 0 Å². The summed E-state index contributed by atoms with van der Waals surface area (Å²) < 4.78 is 57.3. The molecule has 6 rings (SSSR count). The first kappa shape index (κ1) is 25.5. The molecule has 0 amide bonds. The second-order valence-electron chi connectivity index (χ2n) is 9.60. The van der Waals surface area contributed by atoms with E-state index < -0.39 is 20.0 Å². The van der Waals surface area contributed by atoms with Crippen LogP contribution in [0.25, 0.3) is 33.5 Å². The van der Waals surface area contributed by atoms with Crippen molar-refractivity contribution in [3.63, 3.8) is 0 Å². The summed E-state index contributed by atoms with van der Waals surface area (Å²) in [5, 5.41) is 11.3. The number of aromatic nitrogens is 4. The average Bonchev–Trinajstić information content (AvgIpc) is 3.66. The summed E-state index contributed by atoms with van der Waals surface area (Å²) in [4.78, 5) is 9.42. The Bertz CT molecular complexity index is 1910. The van der Waals surface area contributed by atoms with Crippen molar-refractivity contribution in [2.75, 3.05) is 18.8 Å². The van der Waals surface area contributed by atoms with Crippen molar-refractivity contribution in [2.45, 2.75) is 30.7 Å². The first-order valence-corrected chi connectivity index (χ1v) is 15.7. The fourth-order valence-corrected chi connectivity index (χ4v) is 8.20. The van der Waals surface area contributed by atoms with Crippen LogP contribution in [0.3, 0.4) is 0 Å². The van der Waals surface area contributed by atoms with Crippen LogP contribution in [0, 0.1) is 0 Å². The normalized spacial score (nSPS) is 16.9. The van der Waals surface area contributed by atoms with Gasteiger partial charge in [0.15, 0.2) is 5.65 Å². The molecule has 12 heteroatoms. The van der Waals surface area contributed by atoms with Crippen LogP contribution in [0.5, 0.6) is 5.75 Å². The SMILES string of the molecule is CCCS(=O)(=O)N1CCC(n2c(-c3ccccc3O)nc3cnc4c(ccn4S(=O)(=O)c4ccccc4)c32)C1. The van der Waals surface area contributed by atoms with Crippen LogP contribution in [0.2, 0.25) is 0 Å². The van der Waals surface area contributed by atoms with Gasteiger partial charge in [0.05, 0.1) is 34.0 Å². The maximum atomic E-state index is 13.5. The van der Waals surface area contributed by atoms with Crippen LogP contribution in [-0.4, -0.2) is 63.6 Å². The third-order valence-electron chi connectivity index (χ3n) is 7.12. The van der Waals surface area contributed by atoms with Crippen molar-refractivity contribution < 1.29 is 21.9 Å². The zero-order valence-electron chi connectivity index (χ0n) is 21.2. The molecule has 10 nitrogen and oxygen atoms in total. The van der Waals surface area contributed by atoms with Crippen LogP contribution >= 0.6 is 0 Å². The van der Waals surface area contributed by atoms with E-state index in [9.17, 15) is 21.9 Å². The molecule has 1 saturated heterocycles. The van der Waals surface area contributed by atoms with Crippen molar-refractivity contribution in [1.82, 2.24) is 22.8 Å². The summed E-state index contributed by atoms with van der Waals surface area (Å²) >= 11 is 0. The molecule has 0 aliphatic carbocycles. The molecule has 1 fully saturated rings. The van der Waals surface area contributed by atoms with Gasteiger partial charge in [0.1, 0.15) is 17.1 Å². The Morgan fingerprint density at radius 3 is 2.49 bits per heavy atom. The molecule has 1 N–H and O–H groups in total. The van der Waals surface area contributed by atoms with Crippen molar-refractivity contribution in [2.24, 2.45) is 0 Å². The number of hydrogen-bond acceptors (Lipinski definition) is 7. The van der Waals surface area contributed by atoms with Gasteiger partial charge in [-0.1, -0.05) is 37.3 Å². The third kappa shape index (κ3) is 4.19. The molecule has 3 aromatic heterocycles. The monoisotopic (exact) mass is 565 g/mol. The molecular formula is C27H27N5O5S2. The summed E-state index contributed by atoms with van der Waals surface area (Å²) in [6.45, 7) is 2.45. The molecule has 0 saturated carbocycles. The predicted molar refractivity (Wildman–Crippen MR) is 148 cm³/mol. The minimum absolute atomic E-state index is 0.0379. The number of phenolic OH excluding ortho intramolecular Hbond substituents is 1. The van der Waals surface area contributed by atoms with E-state index >= 15 is 0 Å². The van der Waals surface area contributed by atoms with Crippen LogP contribution < -0.4 is 0 Å². The molecule has 202 valence electrons. The van der Waals surface area contributed by atoms with Gasteiger partial charge in [-0.25, -0.2) is 30.8 Å². The van der Waals surface area contributed by atoms with E-state index in [-0.39, 0.29) is 34.6 Å². The summed E-state index contributed by atoms with van der Waals surface area (Å²) in [5.41, 5.74) is 1.89. The lowest BCUT2D eigenvalue weighted by Crippen LogP contribution is -2.31. The maximum absolute atomic E-state index is 13.5. The minimum Gasteiger partial charge on any atom is -0.507 e. The number of aromatic hydroxyl groups is 1. The lowest BCUT2D eigenvalue weighted by molar-refractivity contribution is 0.454. The third-order valence-corrected chi connectivity index (χ3v) is 10.8. The molecule has 0 spiro atoms. The summed E-state index contributed by atoms with van der Waals surface area (Å²) in [5.74, 6) is 0.581. The van der Waals surface area contributed by atoms with E-state index in [1.54, 1.807) is 48.5 Å². The molecule has 0 bridgehead atoms. The van der Waals surface area contributed by atoms with Gasteiger partial charge in [0.2, 0.25) is 10.0 Å². The quantitative estimate of drug-likeness (QED) is 0.316. The Labute approximate surface area is 226 Å². The zero-order valence-corrected chi connectivity index (χ0v) is 22.8. The van der Waals surface area contributed by atoms with E-state index in [1.165, 1.54) is 28.8 Å². The van der Waals surface area contributed by atoms with Crippen molar-refractivity contribution in [3.05, 3.63) is 73.1 Å². The first-order chi connectivity index (χ1) is 18.7. The molecular weight excluding hydrogens is 538 g/mol. The number of imidazole rings is 1. The maximum Gasteiger partial charge on any atom is 0.269 e. The number of para-hydroxylation sites is 1. The molecule has 2 aromatic carbocycles. The van der Waals surface area contributed by atoms with E-state index in [0.717, 1.165) is 3.97 Å². The van der Waals surface area contributed by atoms with E-state index in [4.69, 9.17) is 4.98 Å². The number of pyridine rings is 1. The summed E-state index contributed by atoms with van der Waals surface area (Å²) in [6, 6.07) is 16.4. The number of nitrogens with zero attached hydrogens (tertiary/aromatic N) is 5. The van der Waals surface area contributed by atoms with Crippen molar-refractivity contribution >= 4 is 42.1 Å². The Kier molecular flexibility index (Phi) is 6.20. The highest BCUT2D eigenvalue weighted by Crippen LogP contribution is 2.39. The second kappa shape index (κ2) is 9.47. The second-order valence-corrected chi connectivity index (χ2v) is 13.5. The Morgan fingerprint density at radius 1 is 1.00 bits per heavy atom. The number of sulfonamides is 1. The molecule has 4 heterocycles. The van der Waals surface area contributed by atoms with E-state index in [1.807, 2.05) is 11.5 Å². The molecule has 1 unspecified atom stereocenters. The van der Waals surface area contributed by atoms with Gasteiger partial charge in [0, 0.05) is 24.7 Å². The molecule has 0 radical (unpaired) electrons. The number of benzene rings is 2. The summed E-state index contributed by atoms with van der Waals surface area (Å²) in [7, 11) is -7.32. The van der Waals surface area contributed by atoms with Crippen molar-refractivity contribution in [3.8, 4) is 17.1 Å². The molecule has 1 atom stereocenters. The fraction of sp³-hybridized carbons (Fsp3) is 0.259. The van der Waals surface area contributed by atoms with Gasteiger partial charge in [-0.2, -0.15) is 4.31 Å². The Balaban J connectivity index is 1.58. The lowest BCUT2D eigenvalue weighted by Gasteiger charge is -2.19. The highest BCUT2D eigenvalue weighted by molar-refractivity contribution is 7.90. The van der Waals surface area contributed by atoms with Gasteiger partial charge in [0.25, 0.3) is 10.0 Å². The van der Waals surface area contributed by atoms with Crippen LogP contribution in [0.15, 0.2) is 78.0 Å². The number of phenols is 1. The van der Waals surface area contributed by atoms with Gasteiger partial charge in [-0.05, 0) is 43.2 Å². The van der Waals surface area contributed by atoms with E-state index in [0.29, 0.717) is 47.2 Å². The average molecular weight is 566 g/mol. The lowest BCUT2D eigenvalue weighted by atomic mass is 10.1. The molecule has 39 heavy (non-hydrogen) atoms. The van der Waals surface area contributed by atoms with Gasteiger partial charge < -0.3 is 9.67 Å². The topological polar surface area (TPSA) is 127 Å². The number of hydrogen-bond donors (Lipinski definition) is 1. The molecule has 5 aromatic rings. The highest BCUT2D eigenvalue weighted by Gasteiger charge is 2.35.